The summed E-state index contributed by atoms with van der Waals surface area (Å²) in [4.78, 5) is 23.7. The lowest BCUT2D eigenvalue weighted by molar-refractivity contribution is -0.132. The summed E-state index contributed by atoms with van der Waals surface area (Å²) in [5, 5.41) is 0.674. The highest BCUT2D eigenvalue weighted by atomic mass is 35.5. The highest BCUT2D eigenvalue weighted by Crippen LogP contribution is 2.23. The van der Waals surface area contributed by atoms with Crippen LogP contribution in [0.25, 0.3) is 0 Å². The first-order chi connectivity index (χ1) is 11.6. The fourth-order valence-electron chi connectivity index (χ4n) is 2.85. The minimum atomic E-state index is -0.199. The summed E-state index contributed by atoms with van der Waals surface area (Å²) in [6, 6.07) is 5.43. The van der Waals surface area contributed by atoms with Gasteiger partial charge < -0.3 is 4.74 Å². The minimum absolute atomic E-state index is 0.0373. The molecule has 1 fully saturated rings. The van der Waals surface area contributed by atoms with E-state index >= 15 is 0 Å². The Balaban J connectivity index is 1.60. The van der Waals surface area contributed by atoms with Gasteiger partial charge in [0.1, 0.15) is 5.75 Å². The van der Waals surface area contributed by atoms with Gasteiger partial charge in [0.05, 0.1) is 6.61 Å². The van der Waals surface area contributed by atoms with Crippen molar-refractivity contribution in [2.45, 2.75) is 51.9 Å². The topological polar surface area (TPSA) is 67.4 Å². The maximum atomic E-state index is 11.9. The molecule has 0 bridgehead atoms. The number of hydrogen-bond donors (Lipinski definition) is 2. The van der Waals surface area contributed by atoms with Crippen molar-refractivity contribution in [1.29, 1.82) is 0 Å². The van der Waals surface area contributed by atoms with Gasteiger partial charge in [0.15, 0.2) is 0 Å². The Morgan fingerprint density at radius 1 is 1.21 bits per heavy atom. The number of hydrazine groups is 1. The van der Waals surface area contributed by atoms with Gasteiger partial charge >= 0.3 is 0 Å². The monoisotopic (exact) mass is 352 g/mol. The Morgan fingerprint density at radius 2 is 1.96 bits per heavy atom. The predicted octanol–water partition coefficient (Wildman–Crippen LogP) is 3.54. The maximum Gasteiger partial charge on any atom is 0.241 e. The Bertz CT molecular complexity index is 571. The molecule has 24 heavy (non-hydrogen) atoms. The molecule has 2 amide bonds. The number of rotatable bonds is 6. The average Bonchev–Trinajstić information content (AvgIpc) is 2.59. The lowest BCUT2D eigenvalue weighted by Crippen LogP contribution is -2.44. The molecule has 0 unspecified atom stereocenters. The van der Waals surface area contributed by atoms with Crippen LogP contribution < -0.4 is 15.6 Å². The van der Waals surface area contributed by atoms with Gasteiger partial charge in [-0.25, -0.2) is 0 Å². The quantitative estimate of drug-likeness (QED) is 0.608. The molecular formula is C18H25ClN2O3. The Morgan fingerprint density at radius 3 is 2.67 bits per heavy atom. The van der Waals surface area contributed by atoms with Gasteiger partial charge in [0.25, 0.3) is 0 Å². The lowest BCUT2D eigenvalue weighted by atomic mass is 9.89. The van der Waals surface area contributed by atoms with Crippen molar-refractivity contribution in [3.8, 4) is 5.75 Å². The third kappa shape index (κ3) is 6.04. The highest BCUT2D eigenvalue weighted by molar-refractivity contribution is 6.30. The summed E-state index contributed by atoms with van der Waals surface area (Å²) < 4.78 is 5.64. The van der Waals surface area contributed by atoms with Gasteiger partial charge in [0.2, 0.25) is 11.8 Å². The zero-order chi connectivity index (χ0) is 17.4. The van der Waals surface area contributed by atoms with Gasteiger partial charge in [0, 0.05) is 17.4 Å². The van der Waals surface area contributed by atoms with Crippen LogP contribution in [-0.4, -0.2) is 18.4 Å². The Kier molecular flexibility index (Phi) is 7.37. The van der Waals surface area contributed by atoms with Gasteiger partial charge in [-0.05, 0) is 49.9 Å². The third-order valence-electron chi connectivity index (χ3n) is 4.24. The molecular weight excluding hydrogens is 328 g/mol. The van der Waals surface area contributed by atoms with Crippen molar-refractivity contribution in [2.24, 2.45) is 5.92 Å². The average molecular weight is 353 g/mol. The van der Waals surface area contributed by atoms with Gasteiger partial charge in [-0.15, -0.1) is 0 Å². The molecule has 0 aromatic heterocycles. The van der Waals surface area contributed by atoms with E-state index < -0.39 is 0 Å². The highest BCUT2D eigenvalue weighted by Gasteiger charge is 2.21. The van der Waals surface area contributed by atoms with Crippen LogP contribution in [-0.2, 0) is 9.59 Å². The molecule has 1 aromatic carbocycles. The molecule has 1 aromatic rings. The van der Waals surface area contributed by atoms with E-state index in [1.807, 2.05) is 19.1 Å². The van der Waals surface area contributed by atoms with Crippen LogP contribution >= 0.6 is 11.6 Å². The van der Waals surface area contributed by atoms with Gasteiger partial charge in [-0.2, -0.15) is 0 Å². The fraction of sp³-hybridized carbons (Fsp3) is 0.556. The Hall–Kier alpha value is -1.75. The van der Waals surface area contributed by atoms with Crippen molar-refractivity contribution in [2.75, 3.05) is 6.61 Å². The van der Waals surface area contributed by atoms with Crippen LogP contribution in [0.1, 0.15) is 50.5 Å². The van der Waals surface area contributed by atoms with Crippen LogP contribution in [0, 0.1) is 12.8 Å². The number of hydrogen-bond acceptors (Lipinski definition) is 3. The molecule has 2 rings (SSSR count). The minimum Gasteiger partial charge on any atom is -0.493 e. The summed E-state index contributed by atoms with van der Waals surface area (Å²) in [7, 11) is 0. The summed E-state index contributed by atoms with van der Waals surface area (Å²) in [6.45, 7) is 2.36. The summed E-state index contributed by atoms with van der Waals surface area (Å²) in [6.07, 6.45) is 6.08. The molecule has 132 valence electrons. The number of halogens is 1. The van der Waals surface area contributed by atoms with Gasteiger partial charge in [-0.1, -0.05) is 30.9 Å². The number of benzene rings is 1. The van der Waals surface area contributed by atoms with Crippen molar-refractivity contribution < 1.29 is 14.3 Å². The molecule has 5 nitrogen and oxygen atoms in total. The molecule has 1 aliphatic carbocycles. The maximum absolute atomic E-state index is 11.9. The molecule has 2 N–H and O–H groups in total. The van der Waals surface area contributed by atoms with Crippen LogP contribution in [0.4, 0.5) is 0 Å². The number of ether oxygens (including phenoxy) is 1. The number of aryl methyl sites for hydroxylation is 1. The summed E-state index contributed by atoms with van der Waals surface area (Å²) >= 11 is 5.89. The van der Waals surface area contributed by atoms with E-state index in [9.17, 15) is 9.59 Å². The second kappa shape index (κ2) is 9.52. The number of carbonyl (C=O) groups is 2. The molecule has 0 heterocycles. The fourth-order valence-corrected chi connectivity index (χ4v) is 3.08. The SMILES string of the molecule is Cc1cc(Cl)ccc1OCCCC(=O)NNC(=O)C1CCCCC1. The van der Waals surface area contributed by atoms with Crippen molar-refractivity contribution in [3.63, 3.8) is 0 Å². The van der Waals surface area contributed by atoms with Crippen molar-refractivity contribution in [1.82, 2.24) is 10.9 Å². The smallest absolute Gasteiger partial charge is 0.241 e. The molecule has 1 aliphatic rings. The van der Waals surface area contributed by atoms with Gasteiger partial charge in [-0.3, -0.25) is 20.4 Å². The number of nitrogens with one attached hydrogen (secondary N) is 2. The normalized spacial score (nSPS) is 14.9. The van der Waals surface area contributed by atoms with E-state index in [1.165, 1.54) is 6.42 Å². The first-order valence-corrected chi connectivity index (χ1v) is 8.91. The molecule has 0 aliphatic heterocycles. The molecule has 1 saturated carbocycles. The van der Waals surface area contributed by atoms with E-state index in [1.54, 1.807) is 6.07 Å². The van der Waals surface area contributed by atoms with E-state index in [0.29, 0.717) is 24.5 Å². The Labute approximate surface area is 148 Å². The van der Waals surface area contributed by atoms with Crippen LogP contribution in [0.15, 0.2) is 18.2 Å². The standard InChI is InChI=1S/C18H25ClN2O3/c1-13-12-15(19)9-10-16(13)24-11-5-8-17(22)20-21-18(23)14-6-3-2-4-7-14/h9-10,12,14H,2-8,11H2,1H3,(H,20,22)(H,21,23). The first-order valence-electron chi connectivity index (χ1n) is 8.54. The third-order valence-corrected chi connectivity index (χ3v) is 4.48. The summed E-state index contributed by atoms with van der Waals surface area (Å²) in [5.41, 5.74) is 5.98. The first kappa shape index (κ1) is 18.6. The zero-order valence-corrected chi connectivity index (χ0v) is 14.8. The van der Waals surface area contributed by atoms with E-state index in [4.69, 9.17) is 16.3 Å². The lowest BCUT2D eigenvalue weighted by Gasteiger charge is -2.20. The second-order valence-corrected chi connectivity index (χ2v) is 6.67. The van der Waals surface area contributed by atoms with E-state index in [-0.39, 0.29) is 17.7 Å². The predicted molar refractivity (Wildman–Crippen MR) is 93.8 cm³/mol. The van der Waals surface area contributed by atoms with E-state index in [0.717, 1.165) is 37.0 Å². The van der Waals surface area contributed by atoms with E-state index in [2.05, 4.69) is 10.9 Å². The van der Waals surface area contributed by atoms with Crippen molar-refractivity contribution in [3.05, 3.63) is 28.8 Å². The molecule has 0 saturated heterocycles. The molecule has 0 radical (unpaired) electrons. The molecule has 0 spiro atoms. The molecule has 6 heteroatoms. The van der Waals surface area contributed by atoms with Crippen LogP contribution in [0.5, 0.6) is 5.75 Å². The number of carbonyl (C=O) groups excluding carboxylic acids is 2. The summed E-state index contributed by atoms with van der Waals surface area (Å²) in [5.74, 6) is 0.535. The number of amides is 2. The molecule has 0 atom stereocenters. The van der Waals surface area contributed by atoms with Crippen LogP contribution in [0.2, 0.25) is 5.02 Å². The van der Waals surface area contributed by atoms with Crippen LogP contribution in [0.3, 0.4) is 0 Å². The zero-order valence-electron chi connectivity index (χ0n) is 14.1. The van der Waals surface area contributed by atoms with Crippen molar-refractivity contribution >= 4 is 23.4 Å². The second-order valence-electron chi connectivity index (χ2n) is 6.23. The largest absolute Gasteiger partial charge is 0.493 e.